The lowest BCUT2D eigenvalue weighted by molar-refractivity contribution is 0.0602. The number of anilines is 2. The van der Waals surface area contributed by atoms with Gasteiger partial charge in [-0.25, -0.2) is 9.18 Å². The van der Waals surface area contributed by atoms with Gasteiger partial charge in [-0.3, -0.25) is 0 Å². The molecule has 0 unspecified atom stereocenters. The first-order chi connectivity index (χ1) is 9.60. The molecule has 2 rings (SSSR count). The molecular formula is C15H15FN2O2. The molecule has 0 amide bonds. The van der Waals surface area contributed by atoms with Crippen LogP contribution >= 0.6 is 0 Å². The first-order valence-electron chi connectivity index (χ1n) is 6.06. The molecule has 0 saturated heterocycles. The molecule has 5 heteroatoms. The van der Waals surface area contributed by atoms with E-state index in [0.29, 0.717) is 23.5 Å². The van der Waals surface area contributed by atoms with Crippen molar-refractivity contribution in [1.29, 1.82) is 0 Å². The Kier molecular flexibility index (Phi) is 4.20. The number of benzene rings is 2. The number of hydrogen-bond acceptors (Lipinski definition) is 4. The molecule has 4 nitrogen and oxygen atoms in total. The smallest absolute Gasteiger partial charge is 0.340 e. The summed E-state index contributed by atoms with van der Waals surface area (Å²) in [6.07, 6.45) is 0. The van der Waals surface area contributed by atoms with Crippen LogP contribution in [0, 0.1) is 5.82 Å². The summed E-state index contributed by atoms with van der Waals surface area (Å²) in [6, 6.07) is 11.2. The molecule has 0 aliphatic carbocycles. The number of carbonyl (C=O) groups is 1. The number of nitrogens with one attached hydrogen (secondary N) is 1. The zero-order valence-corrected chi connectivity index (χ0v) is 11.0. The third-order valence-corrected chi connectivity index (χ3v) is 2.82. The van der Waals surface area contributed by atoms with Gasteiger partial charge in [-0.2, -0.15) is 0 Å². The molecule has 20 heavy (non-hydrogen) atoms. The third kappa shape index (κ3) is 3.26. The third-order valence-electron chi connectivity index (χ3n) is 2.82. The van der Waals surface area contributed by atoms with Gasteiger partial charge in [0.25, 0.3) is 0 Å². The van der Waals surface area contributed by atoms with E-state index in [4.69, 9.17) is 10.5 Å². The second kappa shape index (κ2) is 6.06. The maximum Gasteiger partial charge on any atom is 0.340 e. The van der Waals surface area contributed by atoms with Crippen LogP contribution in [0.5, 0.6) is 0 Å². The number of rotatable bonds is 4. The highest BCUT2D eigenvalue weighted by Gasteiger charge is 2.12. The molecule has 0 atom stereocenters. The van der Waals surface area contributed by atoms with Crippen molar-refractivity contribution in [2.75, 3.05) is 18.2 Å². The predicted molar refractivity (Wildman–Crippen MR) is 75.9 cm³/mol. The van der Waals surface area contributed by atoms with Crippen LogP contribution < -0.4 is 11.1 Å². The highest BCUT2D eigenvalue weighted by Crippen LogP contribution is 2.20. The minimum atomic E-state index is -0.473. The van der Waals surface area contributed by atoms with Crippen molar-refractivity contribution < 1.29 is 13.9 Å². The molecule has 2 aromatic carbocycles. The summed E-state index contributed by atoms with van der Waals surface area (Å²) in [5.41, 5.74) is 7.86. The van der Waals surface area contributed by atoms with E-state index in [9.17, 15) is 9.18 Å². The van der Waals surface area contributed by atoms with E-state index in [2.05, 4.69) is 5.32 Å². The zero-order chi connectivity index (χ0) is 14.5. The van der Waals surface area contributed by atoms with Crippen LogP contribution in [-0.4, -0.2) is 13.1 Å². The van der Waals surface area contributed by atoms with Gasteiger partial charge in [-0.05, 0) is 35.9 Å². The summed E-state index contributed by atoms with van der Waals surface area (Å²) in [7, 11) is 1.31. The van der Waals surface area contributed by atoms with Crippen molar-refractivity contribution in [2.24, 2.45) is 0 Å². The van der Waals surface area contributed by atoms with Gasteiger partial charge in [-0.15, -0.1) is 0 Å². The highest BCUT2D eigenvalue weighted by atomic mass is 19.1. The fraction of sp³-hybridized carbons (Fsp3) is 0.133. The number of ether oxygens (including phenoxy) is 1. The Balaban J connectivity index is 2.19. The van der Waals surface area contributed by atoms with Gasteiger partial charge >= 0.3 is 5.97 Å². The van der Waals surface area contributed by atoms with Gasteiger partial charge in [0.15, 0.2) is 0 Å². The molecule has 0 aliphatic heterocycles. The van der Waals surface area contributed by atoms with E-state index >= 15 is 0 Å². The van der Waals surface area contributed by atoms with Gasteiger partial charge < -0.3 is 15.8 Å². The second-order valence-corrected chi connectivity index (χ2v) is 4.28. The van der Waals surface area contributed by atoms with Crippen LogP contribution in [0.15, 0.2) is 42.5 Å². The van der Waals surface area contributed by atoms with E-state index in [1.807, 2.05) is 0 Å². The van der Waals surface area contributed by atoms with Crippen LogP contribution in [0.3, 0.4) is 0 Å². The SMILES string of the molecule is COC(=O)c1cc(N)ccc1NCc1cccc(F)c1. The lowest BCUT2D eigenvalue weighted by atomic mass is 10.1. The van der Waals surface area contributed by atoms with Crippen molar-refractivity contribution in [3.05, 3.63) is 59.4 Å². The highest BCUT2D eigenvalue weighted by molar-refractivity contribution is 5.96. The number of methoxy groups -OCH3 is 1. The molecule has 0 spiro atoms. The normalized spacial score (nSPS) is 10.1. The van der Waals surface area contributed by atoms with Crippen LogP contribution in [0.1, 0.15) is 15.9 Å². The summed E-state index contributed by atoms with van der Waals surface area (Å²) in [5.74, 6) is -0.770. The van der Waals surface area contributed by atoms with Crippen molar-refractivity contribution in [2.45, 2.75) is 6.54 Å². The van der Waals surface area contributed by atoms with Crippen LogP contribution in [0.2, 0.25) is 0 Å². The van der Waals surface area contributed by atoms with Gasteiger partial charge in [-0.1, -0.05) is 12.1 Å². The standard InChI is InChI=1S/C15H15FN2O2/c1-20-15(19)13-8-12(17)5-6-14(13)18-9-10-3-2-4-11(16)7-10/h2-8,18H,9,17H2,1H3. The molecule has 0 radical (unpaired) electrons. The van der Waals surface area contributed by atoms with Crippen LogP contribution in [-0.2, 0) is 11.3 Å². The van der Waals surface area contributed by atoms with E-state index < -0.39 is 5.97 Å². The Labute approximate surface area is 116 Å². The maximum atomic E-state index is 13.1. The zero-order valence-electron chi connectivity index (χ0n) is 11.0. The van der Waals surface area contributed by atoms with E-state index in [1.54, 1.807) is 30.3 Å². The Bertz CT molecular complexity index is 629. The Hall–Kier alpha value is -2.56. The van der Waals surface area contributed by atoms with Crippen molar-refractivity contribution in [3.63, 3.8) is 0 Å². The molecule has 0 aromatic heterocycles. The van der Waals surface area contributed by atoms with Crippen LogP contribution in [0.25, 0.3) is 0 Å². The fourth-order valence-electron chi connectivity index (χ4n) is 1.84. The summed E-state index contributed by atoms with van der Waals surface area (Å²) in [4.78, 5) is 11.7. The Morgan fingerprint density at radius 3 is 2.80 bits per heavy atom. The summed E-state index contributed by atoms with van der Waals surface area (Å²) in [6.45, 7) is 0.395. The number of nitrogen functional groups attached to an aromatic ring is 1. The lowest BCUT2D eigenvalue weighted by Crippen LogP contribution is -2.09. The van der Waals surface area contributed by atoms with Gasteiger partial charge in [0.05, 0.1) is 12.7 Å². The number of hydrogen-bond donors (Lipinski definition) is 2. The van der Waals surface area contributed by atoms with Gasteiger partial charge in [0.2, 0.25) is 0 Å². The van der Waals surface area contributed by atoms with Crippen molar-refractivity contribution in [3.8, 4) is 0 Å². The Morgan fingerprint density at radius 1 is 1.30 bits per heavy atom. The topological polar surface area (TPSA) is 64.3 Å². The van der Waals surface area contributed by atoms with Gasteiger partial charge in [0.1, 0.15) is 5.82 Å². The number of halogens is 1. The molecular weight excluding hydrogens is 259 g/mol. The number of carbonyl (C=O) groups excluding carboxylic acids is 1. The quantitative estimate of drug-likeness (QED) is 0.664. The first-order valence-corrected chi connectivity index (χ1v) is 6.06. The van der Waals surface area contributed by atoms with E-state index in [1.165, 1.54) is 19.2 Å². The summed E-state index contributed by atoms with van der Waals surface area (Å²) in [5, 5.41) is 3.08. The molecule has 3 N–H and O–H groups in total. The molecule has 104 valence electrons. The summed E-state index contributed by atoms with van der Waals surface area (Å²) < 4.78 is 17.8. The average Bonchev–Trinajstić information content (AvgIpc) is 2.45. The van der Waals surface area contributed by atoms with E-state index in [0.717, 1.165) is 5.56 Å². The van der Waals surface area contributed by atoms with Crippen molar-refractivity contribution in [1.82, 2.24) is 0 Å². The lowest BCUT2D eigenvalue weighted by Gasteiger charge is -2.11. The Morgan fingerprint density at radius 2 is 2.10 bits per heavy atom. The molecule has 0 bridgehead atoms. The number of nitrogens with two attached hydrogens (primary N) is 1. The predicted octanol–water partition coefficient (Wildman–Crippen LogP) is 2.81. The largest absolute Gasteiger partial charge is 0.465 e. The molecule has 0 aliphatic rings. The van der Waals surface area contributed by atoms with Crippen LogP contribution in [0.4, 0.5) is 15.8 Å². The number of esters is 1. The van der Waals surface area contributed by atoms with Gasteiger partial charge in [0, 0.05) is 17.9 Å². The first kappa shape index (κ1) is 13.9. The molecule has 0 heterocycles. The monoisotopic (exact) mass is 274 g/mol. The minimum Gasteiger partial charge on any atom is -0.465 e. The molecule has 2 aromatic rings. The minimum absolute atomic E-state index is 0.296. The molecule has 0 saturated carbocycles. The average molecular weight is 274 g/mol. The van der Waals surface area contributed by atoms with Crippen molar-refractivity contribution >= 4 is 17.3 Å². The maximum absolute atomic E-state index is 13.1. The summed E-state index contributed by atoms with van der Waals surface area (Å²) >= 11 is 0. The second-order valence-electron chi connectivity index (χ2n) is 4.28. The molecule has 0 fully saturated rings. The van der Waals surface area contributed by atoms with E-state index in [-0.39, 0.29) is 5.82 Å². The fourth-order valence-corrected chi connectivity index (χ4v) is 1.84.